The number of allylic oxidation sites excluding steroid dienone is 1. The SMILES string of the molecule is C=CCC(C)CCC(N)(CC)C(C)(C)C(=O)O. The lowest BCUT2D eigenvalue weighted by Crippen LogP contribution is -2.56. The van der Waals surface area contributed by atoms with Gasteiger partial charge in [-0.25, -0.2) is 0 Å². The van der Waals surface area contributed by atoms with E-state index in [1.165, 1.54) is 0 Å². The van der Waals surface area contributed by atoms with Crippen molar-refractivity contribution in [2.75, 3.05) is 0 Å². The Morgan fingerprint density at radius 2 is 2.06 bits per heavy atom. The van der Waals surface area contributed by atoms with Gasteiger partial charge >= 0.3 is 5.97 Å². The smallest absolute Gasteiger partial charge is 0.310 e. The van der Waals surface area contributed by atoms with Crippen molar-refractivity contribution in [3.05, 3.63) is 12.7 Å². The molecule has 0 saturated heterocycles. The van der Waals surface area contributed by atoms with E-state index in [2.05, 4.69) is 13.5 Å². The molecular formula is C14H27NO2. The minimum absolute atomic E-state index is 0.506. The zero-order chi connectivity index (χ0) is 13.7. The monoisotopic (exact) mass is 241 g/mol. The zero-order valence-electron chi connectivity index (χ0n) is 11.6. The first kappa shape index (κ1) is 16.2. The first-order valence-corrected chi connectivity index (χ1v) is 6.34. The summed E-state index contributed by atoms with van der Waals surface area (Å²) in [6.07, 6.45) is 5.20. The van der Waals surface area contributed by atoms with Crippen LogP contribution in [0, 0.1) is 11.3 Å². The molecule has 0 spiro atoms. The van der Waals surface area contributed by atoms with E-state index in [9.17, 15) is 9.90 Å². The Labute approximate surface area is 105 Å². The van der Waals surface area contributed by atoms with E-state index >= 15 is 0 Å². The maximum atomic E-state index is 11.3. The Hall–Kier alpha value is -0.830. The molecule has 0 aromatic carbocycles. The highest BCUT2D eigenvalue weighted by molar-refractivity contribution is 5.75. The molecule has 17 heavy (non-hydrogen) atoms. The molecule has 0 aromatic rings. The van der Waals surface area contributed by atoms with Gasteiger partial charge in [-0.05, 0) is 45.4 Å². The lowest BCUT2D eigenvalue weighted by atomic mass is 9.68. The van der Waals surface area contributed by atoms with Crippen LogP contribution in [0.2, 0.25) is 0 Å². The molecular weight excluding hydrogens is 214 g/mol. The third kappa shape index (κ3) is 3.84. The van der Waals surface area contributed by atoms with Crippen molar-refractivity contribution in [1.29, 1.82) is 0 Å². The highest BCUT2D eigenvalue weighted by Crippen LogP contribution is 2.36. The second-order valence-electron chi connectivity index (χ2n) is 5.61. The minimum Gasteiger partial charge on any atom is -0.481 e. The van der Waals surface area contributed by atoms with Crippen molar-refractivity contribution in [2.45, 2.75) is 58.9 Å². The molecule has 100 valence electrons. The lowest BCUT2D eigenvalue weighted by molar-refractivity contribution is -0.151. The Bertz CT molecular complexity index is 273. The number of hydrogen-bond donors (Lipinski definition) is 2. The fourth-order valence-electron chi connectivity index (χ4n) is 2.05. The van der Waals surface area contributed by atoms with E-state index in [0.717, 1.165) is 19.3 Å². The average molecular weight is 241 g/mol. The highest BCUT2D eigenvalue weighted by atomic mass is 16.4. The molecule has 3 heteroatoms. The first-order chi connectivity index (χ1) is 7.71. The number of rotatable bonds is 8. The number of carboxylic acid groups (broad SMARTS) is 1. The van der Waals surface area contributed by atoms with Gasteiger partial charge in [-0.2, -0.15) is 0 Å². The minimum atomic E-state index is -0.893. The van der Waals surface area contributed by atoms with Gasteiger partial charge in [0.25, 0.3) is 0 Å². The number of carbonyl (C=O) groups is 1. The van der Waals surface area contributed by atoms with Gasteiger partial charge in [-0.3, -0.25) is 4.79 Å². The van der Waals surface area contributed by atoms with Crippen molar-refractivity contribution >= 4 is 5.97 Å². The standard InChI is InChI=1S/C14H27NO2/c1-6-8-11(3)9-10-14(15,7-2)13(4,5)12(16)17/h6,11H,1,7-10,15H2,2-5H3,(H,16,17). The number of carboxylic acids is 1. The molecule has 2 unspecified atom stereocenters. The fraction of sp³-hybridized carbons (Fsp3) is 0.786. The molecule has 0 radical (unpaired) electrons. The van der Waals surface area contributed by atoms with Crippen molar-refractivity contribution in [3.63, 3.8) is 0 Å². The molecule has 0 fully saturated rings. The molecule has 0 aliphatic rings. The third-order valence-corrected chi connectivity index (χ3v) is 4.06. The maximum absolute atomic E-state index is 11.3. The fourth-order valence-corrected chi connectivity index (χ4v) is 2.05. The largest absolute Gasteiger partial charge is 0.481 e. The Balaban J connectivity index is 4.69. The van der Waals surface area contributed by atoms with E-state index in [-0.39, 0.29) is 0 Å². The molecule has 2 atom stereocenters. The summed E-state index contributed by atoms with van der Waals surface area (Å²) in [5.41, 5.74) is 4.78. The van der Waals surface area contributed by atoms with Gasteiger partial charge in [0, 0.05) is 5.54 Å². The van der Waals surface area contributed by atoms with E-state index in [4.69, 9.17) is 5.73 Å². The summed E-state index contributed by atoms with van der Waals surface area (Å²) < 4.78 is 0. The topological polar surface area (TPSA) is 63.3 Å². The molecule has 0 rings (SSSR count). The summed E-state index contributed by atoms with van der Waals surface area (Å²) in [5, 5.41) is 9.28. The van der Waals surface area contributed by atoms with Crippen LogP contribution in [0.1, 0.15) is 53.4 Å². The third-order valence-electron chi connectivity index (χ3n) is 4.06. The molecule has 3 nitrogen and oxygen atoms in total. The average Bonchev–Trinajstić information content (AvgIpc) is 2.25. The first-order valence-electron chi connectivity index (χ1n) is 6.34. The van der Waals surface area contributed by atoms with Gasteiger partial charge in [0.2, 0.25) is 0 Å². The summed E-state index contributed by atoms with van der Waals surface area (Å²) in [6.45, 7) is 11.3. The summed E-state index contributed by atoms with van der Waals surface area (Å²) >= 11 is 0. The second-order valence-corrected chi connectivity index (χ2v) is 5.61. The van der Waals surface area contributed by atoms with E-state index in [1.54, 1.807) is 13.8 Å². The van der Waals surface area contributed by atoms with Crippen LogP contribution < -0.4 is 5.73 Å². The Morgan fingerprint density at radius 3 is 2.41 bits per heavy atom. The summed E-state index contributed by atoms with van der Waals surface area (Å²) in [4.78, 5) is 11.3. The lowest BCUT2D eigenvalue weighted by Gasteiger charge is -2.41. The second kappa shape index (κ2) is 6.20. The van der Waals surface area contributed by atoms with Gasteiger partial charge in [-0.1, -0.05) is 19.9 Å². The van der Waals surface area contributed by atoms with Crippen LogP contribution in [0.3, 0.4) is 0 Å². The molecule has 3 N–H and O–H groups in total. The van der Waals surface area contributed by atoms with Crippen LogP contribution in [-0.4, -0.2) is 16.6 Å². The predicted octanol–water partition coefficient (Wildman–Crippen LogP) is 3.20. The quantitative estimate of drug-likeness (QED) is 0.641. The predicted molar refractivity (Wildman–Crippen MR) is 71.8 cm³/mol. The van der Waals surface area contributed by atoms with E-state index in [0.29, 0.717) is 12.3 Å². The normalized spacial score (nSPS) is 17.2. The zero-order valence-corrected chi connectivity index (χ0v) is 11.6. The molecule has 0 bridgehead atoms. The number of aliphatic carboxylic acids is 1. The van der Waals surface area contributed by atoms with Gasteiger partial charge in [-0.15, -0.1) is 6.58 Å². The van der Waals surface area contributed by atoms with Crippen molar-refractivity contribution < 1.29 is 9.90 Å². The van der Waals surface area contributed by atoms with E-state index < -0.39 is 16.9 Å². The van der Waals surface area contributed by atoms with Gasteiger partial charge in [0.1, 0.15) is 0 Å². The Kier molecular flexibility index (Phi) is 5.89. The Morgan fingerprint density at radius 1 is 1.53 bits per heavy atom. The summed E-state index contributed by atoms with van der Waals surface area (Å²) in [5.74, 6) is -0.315. The van der Waals surface area contributed by atoms with Crippen LogP contribution in [0.15, 0.2) is 12.7 Å². The van der Waals surface area contributed by atoms with Crippen LogP contribution >= 0.6 is 0 Å². The summed E-state index contributed by atoms with van der Waals surface area (Å²) in [6, 6.07) is 0. The molecule has 0 aromatic heterocycles. The van der Waals surface area contributed by atoms with Gasteiger partial charge in [0.15, 0.2) is 0 Å². The van der Waals surface area contributed by atoms with Crippen LogP contribution in [0.4, 0.5) is 0 Å². The van der Waals surface area contributed by atoms with Crippen LogP contribution in [-0.2, 0) is 4.79 Å². The molecule has 0 heterocycles. The van der Waals surface area contributed by atoms with Crippen molar-refractivity contribution in [3.8, 4) is 0 Å². The van der Waals surface area contributed by atoms with Crippen molar-refractivity contribution in [1.82, 2.24) is 0 Å². The summed E-state index contributed by atoms with van der Waals surface area (Å²) in [7, 11) is 0. The maximum Gasteiger partial charge on any atom is 0.310 e. The number of hydrogen-bond acceptors (Lipinski definition) is 2. The molecule has 0 aliphatic carbocycles. The van der Waals surface area contributed by atoms with Gasteiger partial charge in [0.05, 0.1) is 5.41 Å². The number of nitrogens with two attached hydrogens (primary N) is 1. The van der Waals surface area contributed by atoms with E-state index in [1.807, 2.05) is 13.0 Å². The van der Waals surface area contributed by atoms with Crippen LogP contribution in [0.25, 0.3) is 0 Å². The van der Waals surface area contributed by atoms with Crippen molar-refractivity contribution in [2.24, 2.45) is 17.1 Å². The molecule has 0 amide bonds. The van der Waals surface area contributed by atoms with Gasteiger partial charge < -0.3 is 10.8 Å². The molecule has 0 aliphatic heterocycles. The van der Waals surface area contributed by atoms with Crippen LogP contribution in [0.5, 0.6) is 0 Å². The highest BCUT2D eigenvalue weighted by Gasteiger charge is 2.45. The molecule has 0 saturated carbocycles.